The molecule has 1 saturated carbocycles. The summed E-state index contributed by atoms with van der Waals surface area (Å²) in [5, 5.41) is 3.56. The maximum atomic E-state index is 12.4. The Labute approximate surface area is 139 Å². The summed E-state index contributed by atoms with van der Waals surface area (Å²) < 4.78 is 1.22. The van der Waals surface area contributed by atoms with Gasteiger partial charge in [-0.15, -0.1) is 0 Å². The first kappa shape index (κ1) is 16.5. The summed E-state index contributed by atoms with van der Waals surface area (Å²) in [5.74, 6) is 0.0710. The summed E-state index contributed by atoms with van der Waals surface area (Å²) in [4.78, 5) is 39.0. The molecule has 2 N–H and O–H groups in total. The third kappa shape index (κ3) is 3.75. The molecule has 6 nitrogen and oxygen atoms in total. The van der Waals surface area contributed by atoms with Crippen LogP contribution in [0, 0.1) is 0 Å². The second kappa shape index (κ2) is 7.47. The number of rotatable bonds is 6. The number of hydrogen-bond acceptors (Lipinski definition) is 3. The van der Waals surface area contributed by atoms with Crippen molar-refractivity contribution in [1.29, 1.82) is 0 Å². The maximum Gasteiger partial charge on any atom is 0.328 e. The highest BCUT2D eigenvalue weighted by Gasteiger charge is 2.16. The lowest BCUT2D eigenvalue weighted by atomic mass is 10.2. The molecule has 1 aromatic heterocycles. The summed E-state index contributed by atoms with van der Waals surface area (Å²) in [5.41, 5.74) is -0.112. The van der Waals surface area contributed by atoms with E-state index in [-0.39, 0.29) is 11.5 Å². The van der Waals surface area contributed by atoms with Crippen molar-refractivity contribution in [3.63, 3.8) is 0 Å². The zero-order valence-corrected chi connectivity index (χ0v) is 13.7. The molecule has 0 aliphatic heterocycles. The second-order valence-corrected chi connectivity index (χ2v) is 6.44. The van der Waals surface area contributed by atoms with Crippen LogP contribution in [-0.4, -0.2) is 21.5 Å². The van der Waals surface area contributed by atoms with E-state index in [0.29, 0.717) is 42.8 Å². The molecule has 1 heterocycles. The van der Waals surface area contributed by atoms with Crippen LogP contribution in [0.25, 0.3) is 10.9 Å². The summed E-state index contributed by atoms with van der Waals surface area (Å²) in [6.07, 6.45) is 6.27. The normalized spacial score (nSPS) is 15.0. The molecule has 0 spiro atoms. The fourth-order valence-corrected chi connectivity index (χ4v) is 3.33. The van der Waals surface area contributed by atoms with E-state index in [1.54, 1.807) is 24.3 Å². The Morgan fingerprint density at radius 1 is 1.17 bits per heavy atom. The van der Waals surface area contributed by atoms with E-state index in [0.717, 1.165) is 12.8 Å². The number of para-hydroxylation sites is 1. The van der Waals surface area contributed by atoms with Gasteiger partial charge in [0.25, 0.3) is 5.56 Å². The first-order chi connectivity index (χ1) is 11.6. The number of benzene rings is 1. The van der Waals surface area contributed by atoms with Gasteiger partial charge in [-0.2, -0.15) is 0 Å². The first-order valence-corrected chi connectivity index (χ1v) is 8.66. The van der Waals surface area contributed by atoms with Crippen molar-refractivity contribution in [2.75, 3.05) is 0 Å². The lowest BCUT2D eigenvalue weighted by molar-refractivity contribution is -0.121. The smallest absolute Gasteiger partial charge is 0.328 e. The van der Waals surface area contributed by atoms with Gasteiger partial charge in [-0.1, -0.05) is 25.0 Å². The number of hydrogen-bond donors (Lipinski definition) is 2. The van der Waals surface area contributed by atoms with Crippen LogP contribution in [0.1, 0.15) is 44.9 Å². The number of fused-ring (bicyclic) bond motifs is 1. The van der Waals surface area contributed by atoms with Gasteiger partial charge in [-0.25, -0.2) is 4.79 Å². The molecular weight excluding hydrogens is 306 g/mol. The highest BCUT2D eigenvalue weighted by molar-refractivity contribution is 5.77. The zero-order valence-electron chi connectivity index (χ0n) is 13.7. The Morgan fingerprint density at radius 2 is 1.92 bits per heavy atom. The van der Waals surface area contributed by atoms with E-state index in [1.165, 1.54) is 17.4 Å². The highest BCUT2D eigenvalue weighted by atomic mass is 16.2. The summed E-state index contributed by atoms with van der Waals surface area (Å²) >= 11 is 0. The summed E-state index contributed by atoms with van der Waals surface area (Å²) in [7, 11) is 0. The Hall–Kier alpha value is -2.37. The lowest BCUT2D eigenvalue weighted by Crippen LogP contribution is -2.35. The minimum absolute atomic E-state index is 0.0710. The van der Waals surface area contributed by atoms with Crippen molar-refractivity contribution in [3.05, 3.63) is 45.1 Å². The highest BCUT2D eigenvalue weighted by Crippen LogP contribution is 2.17. The van der Waals surface area contributed by atoms with E-state index < -0.39 is 5.69 Å². The third-order valence-electron chi connectivity index (χ3n) is 4.65. The maximum absolute atomic E-state index is 12.4. The zero-order chi connectivity index (χ0) is 16.9. The number of carbonyl (C=O) groups is 1. The number of nitrogens with zero attached hydrogens (tertiary/aromatic N) is 1. The molecule has 1 aromatic carbocycles. The molecule has 1 amide bonds. The number of aromatic nitrogens is 2. The van der Waals surface area contributed by atoms with Gasteiger partial charge >= 0.3 is 5.69 Å². The Morgan fingerprint density at radius 3 is 2.71 bits per heavy atom. The number of carbonyl (C=O) groups excluding carboxylic acids is 1. The van der Waals surface area contributed by atoms with Crippen molar-refractivity contribution in [1.82, 2.24) is 14.9 Å². The predicted molar refractivity (Wildman–Crippen MR) is 93.1 cm³/mol. The third-order valence-corrected chi connectivity index (χ3v) is 4.65. The van der Waals surface area contributed by atoms with Crippen molar-refractivity contribution in [2.45, 2.75) is 57.5 Å². The second-order valence-electron chi connectivity index (χ2n) is 6.44. The molecule has 1 fully saturated rings. The number of unbranched alkanes of at least 4 members (excludes halogenated alkanes) is 1. The van der Waals surface area contributed by atoms with Crippen LogP contribution in [0.5, 0.6) is 0 Å². The van der Waals surface area contributed by atoms with Crippen molar-refractivity contribution >= 4 is 16.8 Å². The number of amides is 1. The quantitative estimate of drug-likeness (QED) is 0.794. The van der Waals surface area contributed by atoms with Crippen LogP contribution in [0.3, 0.4) is 0 Å². The van der Waals surface area contributed by atoms with Crippen LogP contribution in [0.2, 0.25) is 0 Å². The molecule has 0 radical (unpaired) electrons. The Kier molecular flexibility index (Phi) is 5.13. The van der Waals surface area contributed by atoms with Crippen molar-refractivity contribution in [3.8, 4) is 0 Å². The van der Waals surface area contributed by atoms with E-state index in [4.69, 9.17) is 0 Å². The fourth-order valence-electron chi connectivity index (χ4n) is 3.33. The largest absolute Gasteiger partial charge is 0.353 e. The first-order valence-electron chi connectivity index (χ1n) is 8.66. The number of nitrogens with one attached hydrogen (secondary N) is 2. The summed E-state index contributed by atoms with van der Waals surface area (Å²) in [6.45, 7) is 0.329. The van der Waals surface area contributed by atoms with E-state index in [9.17, 15) is 14.4 Å². The van der Waals surface area contributed by atoms with Crippen LogP contribution >= 0.6 is 0 Å². The molecule has 0 bridgehead atoms. The summed E-state index contributed by atoms with van der Waals surface area (Å²) in [6, 6.07) is 7.32. The van der Waals surface area contributed by atoms with Gasteiger partial charge in [-0.3, -0.25) is 14.2 Å². The minimum Gasteiger partial charge on any atom is -0.353 e. The van der Waals surface area contributed by atoms with Gasteiger partial charge in [0.05, 0.1) is 10.9 Å². The Bertz CT molecular complexity index is 831. The Balaban J connectivity index is 1.55. The monoisotopic (exact) mass is 329 g/mol. The SMILES string of the molecule is O=C(CCCCn1c(=O)[nH]c2ccccc2c1=O)NC1CCCC1. The van der Waals surface area contributed by atoms with E-state index in [2.05, 4.69) is 10.3 Å². The van der Waals surface area contributed by atoms with E-state index in [1.807, 2.05) is 0 Å². The van der Waals surface area contributed by atoms with Crippen molar-refractivity contribution < 1.29 is 4.79 Å². The lowest BCUT2D eigenvalue weighted by Gasteiger charge is -2.11. The molecule has 0 saturated heterocycles. The molecule has 6 heteroatoms. The molecule has 0 atom stereocenters. The molecule has 1 aliphatic carbocycles. The van der Waals surface area contributed by atoms with Crippen LogP contribution < -0.4 is 16.6 Å². The van der Waals surface area contributed by atoms with Gasteiger partial charge in [0.2, 0.25) is 5.91 Å². The van der Waals surface area contributed by atoms with Crippen molar-refractivity contribution in [2.24, 2.45) is 0 Å². The van der Waals surface area contributed by atoms with Crippen LogP contribution in [-0.2, 0) is 11.3 Å². The molecular formula is C18H23N3O3. The minimum atomic E-state index is -0.394. The van der Waals surface area contributed by atoms with Gasteiger partial charge in [0.1, 0.15) is 0 Å². The molecule has 1 aliphatic rings. The molecule has 24 heavy (non-hydrogen) atoms. The van der Waals surface area contributed by atoms with Gasteiger partial charge in [-0.05, 0) is 37.8 Å². The number of H-pyrrole nitrogens is 1. The molecule has 128 valence electrons. The van der Waals surface area contributed by atoms with Gasteiger partial charge in [0.15, 0.2) is 0 Å². The van der Waals surface area contributed by atoms with E-state index >= 15 is 0 Å². The molecule has 2 aromatic rings. The van der Waals surface area contributed by atoms with Gasteiger partial charge in [0, 0.05) is 19.0 Å². The van der Waals surface area contributed by atoms with Gasteiger partial charge < -0.3 is 10.3 Å². The molecule has 0 unspecified atom stereocenters. The predicted octanol–water partition coefficient (Wildman–Crippen LogP) is 1.92. The fraction of sp³-hybridized carbons (Fsp3) is 0.500. The average Bonchev–Trinajstić information content (AvgIpc) is 3.07. The molecule has 3 rings (SSSR count). The topological polar surface area (TPSA) is 84.0 Å². The number of aromatic amines is 1. The van der Waals surface area contributed by atoms with Crippen LogP contribution in [0.15, 0.2) is 33.9 Å². The standard InChI is InChI=1S/C18H23N3O3/c22-16(19-13-7-1-2-8-13)11-5-6-12-21-17(23)14-9-3-4-10-15(14)20-18(21)24/h3-4,9-10,13H,1-2,5-8,11-12H2,(H,19,22)(H,20,24). The van der Waals surface area contributed by atoms with Crippen LogP contribution in [0.4, 0.5) is 0 Å². The average molecular weight is 329 g/mol.